The second-order valence-corrected chi connectivity index (χ2v) is 7.81. The maximum absolute atomic E-state index is 13.6. The van der Waals surface area contributed by atoms with E-state index in [4.69, 9.17) is 4.74 Å². The lowest BCUT2D eigenvalue weighted by Gasteiger charge is -2.39. The van der Waals surface area contributed by atoms with Gasteiger partial charge in [0.1, 0.15) is 11.5 Å². The van der Waals surface area contributed by atoms with Gasteiger partial charge in [0.2, 0.25) is 5.91 Å². The van der Waals surface area contributed by atoms with Crippen LogP contribution in [0.15, 0.2) is 18.2 Å². The average Bonchev–Trinajstić information content (AvgIpc) is 3.17. The summed E-state index contributed by atoms with van der Waals surface area (Å²) in [5.74, 6) is -0.280. The van der Waals surface area contributed by atoms with E-state index in [-0.39, 0.29) is 23.7 Å². The number of hydrogen-bond donors (Lipinski definition) is 1. The van der Waals surface area contributed by atoms with Crippen LogP contribution in [0.1, 0.15) is 23.0 Å². The van der Waals surface area contributed by atoms with Gasteiger partial charge in [-0.2, -0.15) is 0 Å². The first kappa shape index (κ1) is 19.8. The molecule has 1 aromatic carbocycles. The second kappa shape index (κ2) is 8.12. The smallest absolute Gasteiger partial charge is 0.270 e. The summed E-state index contributed by atoms with van der Waals surface area (Å²) < 4.78 is 18.9. The van der Waals surface area contributed by atoms with Crippen molar-refractivity contribution in [2.45, 2.75) is 19.9 Å². The molecule has 1 aromatic heterocycles. The minimum Gasteiger partial charge on any atom is -0.378 e. The minimum atomic E-state index is -0.316. The summed E-state index contributed by atoms with van der Waals surface area (Å²) in [4.78, 5) is 34.5. The molecule has 0 spiro atoms. The van der Waals surface area contributed by atoms with Crippen LogP contribution in [0.2, 0.25) is 0 Å². The molecular formula is C21H27FN4O3. The predicted octanol–water partition coefficient (Wildman–Crippen LogP) is 1.62. The molecule has 8 heteroatoms. The van der Waals surface area contributed by atoms with E-state index in [2.05, 4.69) is 9.88 Å². The number of halogens is 1. The molecule has 0 saturated carbocycles. The van der Waals surface area contributed by atoms with Crippen LogP contribution in [0.4, 0.5) is 4.39 Å². The number of amides is 2. The maximum Gasteiger partial charge on any atom is 0.270 e. The van der Waals surface area contributed by atoms with Gasteiger partial charge in [-0.1, -0.05) is 0 Å². The number of ether oxygens (including phenoxy) is 1. The zero-order valence-electron chi connectivity index (χ0n) is 16.9. The highest BCUT2D eigenvalue weighted by atomic mass is 19.1. The van der Waals surface area contributed by atoms with Gasteiger partial charge in [0.25, 0.3) is 5.91 Å². The summed E-state index contributed by atoms with van der Waals surface area (Å²) in [6.45, 7) is 8.65. The second-order valence-electron chi connectivity index (χ2n) is 7.81. The third-order valence-corrected chi connectivity index (χ3v) is 5.97. The van der Waals surface area contributed by atoms with Crippen LogP contribution in [-0.2, 0) is 9.53 Å². The van der Waals surface area contributed by atoms with Gasteiger partial charge < -0.3 is 19.5 Å². The van der Waals surface area contributed by atoms with Crippen molar-refractivity contribution in [3.05, 3.63) is 35.3 Å². The average molecular weight is 402 g/mol. The molecule has 2 amide bonds. The van der Waals surface area contributed by atoms with Crippen LogP contribution in [0.5, 0.6) is 0 Å². The highest BCUT2D eigenvalue weighted by molar-refractivity contribution is 5.99. The number of benzene rings is 1. The van der Waals surface area contributed by atoms with Gasteiger partial charge in [0, 0.05) is 50.2 Å². The molecule has 0 aliphatic carbocycles. The van der Waals surface area contributed by atoms with Crippen molar-refractivity contribution >= 4 is 22.7 Å². The lowest BCUT2D eigenvalue weighted by molar-refractivity contribution is -0.141. The molecule has 2 aromatic rings. The number of nitrogens with one attached hydrogen (secondary N) is 1. The molecular weight excluding hydrogens is 375 g/mol. The van der Waals surface area contributed by atoms with Gasteiger partial charge in [-0.3, -0.25) is 14.5 Å². The molecule has 2 saturated heterocycles. The Bertz CT molecular complexity index is 914. The van der Waals surface area contributed by atoms with Crippen molar-refractivity contribution in [2.24, 2.45) is 0 Å². The van der Waals surface area contributed by atoms with Gasteiger partial charge in [-0.15, -0.1) is 0 Å². The zero-order valence-corrected chi connectivity index (χ0v) is 16.9. The topological polar surface area (TPSA) is 68.9 Å². The number of hydrogen-bond acceptors (Lipinski definition) is 4. The number of piperazine rings is 1. The molecule has 1 unspecified atom stereocenters. The van der Waals surface area contributed by atoms with Gasteiger partial charge in [0.15, 0.2) is 0 Å². The van der Waals surface area contributed by atoms with Crippen LogP contribution in [0, 0.1) is 12.7 Å². The van der Waals surface area contributed by atoms with E-state index in [0.717, 1.165) is 10.9 Å². The molecule has 0 bridgehead atoms. The van der Waals surface area contributed by atoms with Crippen LogP contribution < -0.4 is 0 Å². The summed E-state index contributed by atoms with van der Waals surface area (Å²) >= 11 is 0. The molecule has 7 nitrogen and oxygen atoms in total. The predicted molar refractivity (Wildman–Crippen MR) is 107 cm³/mol. The van der Waals surface area contributed by atoms with Crippen molar-refractivity contribution in [2.75, 3.05) is 52.5 Å². The van der Waals surface area contributed by atoms with Crippen LogP contribution >= 0.6 is 0 Å². The first-order chi connectivity index (χ1) is 13.9. The van der Waals surface area contributed by atoms with Gasteiger partial charge in [0.05, 0.1) is 19.3 Å². The molecule has 0 radical (unpaired) electrons. The Balaban J connectivity index is 1.38. The Labute approximate surface area is 169 Å². The van der Waals surface area contributed by atoms with Gasteiger partial charge >= 0.3 is 0 Å². The lowest BCUT2D eigenvalue weighted by Crippen LogP contribution is -2.56. The number of rotatable bonds is 3. The Morgan fingerprint density at radius 2 is 1.72 bits per heavy atom. The number of aromatic nitrogens is 1. The maximum atomic E-state index is 13.6. The van der Waals surface area contributed by atoms with E-state index in [9.17, 15) is 14.0 Å². The Hall–Kier alpha value is -2.45. The van der Waals surface area contributed by atoms with Crippen molar-refractivity contribution in [1.29, 1.82) is 0 Å². The highest BCUT2D eigenvalue weighted by Gasteiger charge is 2.31. The van der Waals surface area contributed by atoms with Crippen molar-refractivity contribution in [1.82, 2.24) is 19.7 Å². The molecule has 29 heavy (non-hydrogen) atoms. The van der Waals surface area contributed by atoms with Crippen LogP contribution in [0.3, 0.4) is 0 Å². The Morgan fingerprint density at radius 1 is 1.03 bits per heavy atom. The van der Waals surface area contributed by atoms with Crippen molar-refractivity contribution in [3.63, 3.8) is 0 Å². The summed E-state index contributed by atoms with van der Waals surface area (Å²) in [7, 11) is 0. The number of carbonyl (C=O) groups excluding carboxylic acids is 2. The first-order valence-corrected chi connectivity index (χ1v) is 10.1. The molecule has 2 aliphatic heterocycles. The van der Waals surface area contributed by atoms with E-state index in [1.807, 2.05) is 18.7 Å². The molecule has 1 atom stereocenters. The quantitative estimate of drug-likeness (QED) is 0.847. The molecule has 4 rings (SSSR count). The SMILES string of the molecule is Cc1cc(F)cc2[nH]c(C(=O)N3CCN(C(C)C(=O)N4CCOCC4)CC3)cc12. The fourth-order valence-corrected chi connectivity index (χ4v) is 4.18. The molecule has 2 aliphatic rings. The fourth-order valence-electron chi connectivity index (χ4n) is 4.18. The first-order valence-electron chi connectivity index (χ1n) is 10.1. The molecule has 2 fully saturated rings. The third-order valence-electron chi connectivity index (χ3n) is 5.97. The monoisotopic (exact) mass is 402 g/mol. The number of fused-ring (bicyclic) bond motifs is 1. The number of nitrogens with zero attached hydrogens (tertiary/aromatic N) is 3. The van der Waals surface area contributed by atoms with Gasteiger partial charge in [-0.05, 0) is 37.6 Å². The number of carbonyl (C=O) groups is 2. The summed E-state index contributed by atoms with van der Waals surface area (Å²) in [5, 5.41) is 0.859. The summed E-state index contributed by atoms with van der Waals surface area (Å²) in [6, 6.07) is 4.47. The Kier molecular flexibility index (Phi) is 5.56. The normalized spacial score (nSPS) is 19.6. The van der Waals surface area contributed by atoms with Crippen molar-refractivity contribution in [3.8, 4) is 0 Å². The van der Waals surface area contributed by atoms with Gasteiger partial charge in [-0.25, -0.2) is 4.39 Å². The van der Waals surface area contributed by atoms with E-state index < -0.39 is 0 Å². The van der Waals surface area contributed by atoms with Crippen LogP contribution in [0.25, 0.3) is 10.9 Å². The van der Waals surface area contributed by atoms with Crippen molar-refractivity contribution < 1.29 is 18.7 Å². The fraction of sp³-hybridized carbons (Fsp3) is 0.524. The van der Waals surface area contributed by atoms with E-state index in [1.165, 1.54) is 12.1 Å². The lowest BCUT2D eigenvalue weighted by atomic mass is 10.1. The largest absolute Gasteiger partial charge is 0.378 e. The Morgan fingerprint density at radius 3 is 2.41 bits per heavy atom. The zero-order chi connectivity index (χ0) is 20.5. The van der Waals surface area contributed by atoms with E-state index in [0.29, 0.717) is 63.7 Å². The highest BCUT2D eigenvalue weighted by Crippen LogP contribution is 2.22. The number of H-pyrrole nitrogens is 1. The number of aromatic amines is 1. The summed E-state index contributed by atoms with van der Waals surface area (Å²) in [5.41, 5.74) is 1.91. The third kappa shape index (κ3) is 4.00. The minimum absolute atomic E-state index is 0.0900. The molecule has 3 heterocycles. The molecule has 1 N–H and O–H groups in total. The molecule has 156 valence electrons. The number of aryl methyl sites for hydroxylation is 1. The van der Waals surface area contributed by atoms with Crippen LogP contribution in [-0.4, -0.2) is 90.0 Å². The van der Waals surface area contributed by atoms with E-state index >= 15 is 0 Å². The number of morpholine rings is 1. The van der Waals surface area contributed by atoms with E-state index in [1.54, 1.807) is 11.0 Å². The summed E-state index contributed by atoms with van der Waals surface area (Å²) in [6.07, 6.45) is 0. The standard InChI is InChI=1S/C21H27FN4O3/c1-14-11-16(22)12-18-17(14)13-19(23-18)21(28)25-5-3-24(4-6-25)15(2)20(27)26-7-9-29-10-8-26/h11-13,15,23H,3-10H2,1-2H3.